The Bertz CT molecular complexity index is 945. The van der Waals surface area contributed by atoms with E-state index >= 15 is 0 Å². The van der Waals surface area contributed by atoms with E-state index in [1.807, 2.05) is 24.3 Å². The van der Waals surface area contributed by atoms with Crippen LogP contribution in [-0.2, 0) is 9.59 Å². The van der Waals surface area contributed by atoms with E-state index in [0.29, 0.717) is 33.2 Å². The van der Waals surface area contributed by atoms with E-state index in [0.717, 1.165) is 0 Å². The van der Waals surface area contributed by atoms with Crippen molar-refractivity contribution in [2.45, 2.75) is 31.4 Å². The molecule has 0 bridgehead atoms. The Kier molecular flexibility index (Phi) is 6.82. The van der Waals surface area contributed by atoms with E-state index in [-0.39, 0.29) is 18.2 Å². The van der Waals surface area contributed by atoms with Gasteiger partial charge in [0.05, 0.1) is 7.11 Å². The van der Waals surface area contributed by atoms with Crippen molar-refractivity contribution in [1.82, 2.24) is 5.32 Å². The summed E-state index contributed by atoms with van der Waals surface area (Å²) in [5.74, 6) is 0.430. The van der Waals surface area contributed by atoms with Crippen LogP contribution in [0.15, 0.2) is 47.5 Å². The summed E-state index contributed by atoms with van der Waals surface area (Å²) in [6.07, 6.45) is 0.0757. The van der Waals surface area contributed by atoms with Crippen molar-refractivity contribution >= 4 is 51.7 Å². The van der Waals surface area contributed by atoms with Crippen molar-refractivity contribution < 1.29 is 14.3 Å². The molecule has 152 valence electrons. The Morgan fingerprint density at radius 1 is 1.28 bits per heavy atom. The van der Waals surface area contributed by atoms with Gasteiger partial charge in [0.15, 0.2) is 5.17 Å². The molecule has 1 aliphatic rings. The number of methoxy groups -OCH3 is 1. The van der Waals surface area contributed by atoms with E-state index in [9.17, 15) is 9.59 Å². The molecule has 0 aliphatic carbocycles. The van der Waals surface area contributed by atoms with Crippen LogP contribution >= 0.6 is 23.4 Å². The van der Waals surface area contributed by atoms with Crippen molar-refractivity contribution in [1.29, 1.82) is 0 Å². The van der Waals surface area contributed by atoms with E-state index < -0.39 is 5.25 Å². The van der Waals surface area contributed by atoms with Crippen LogP contribution in [0.25, 0.3) is 0 Å². The van der Waals surface area contributed by atoms with Gasteiger partial charge in [-0.3, -0.25) is 9.59 Å². The van der Waals surface area contributed by atoms with Crippen molar-refractivity contribution in [2.75, 3.05) is 12.4 Å². The van der Waals surface area contributed by atoms with Gasteiger partial charge in [-0.2, -0.15) is 0 Å². The minimum absolute atomic E-state index is 0.0757. The number of rotatable bonds is 5. The number of hydrogen-bond donors (Lipinski definition) is 2. The molecule has 1 atom stereocenters. The summed E-state index contributed by atoms with van der Waals surface area (Å²) in [6, 6.07) is 12.7. The maximum Gasteiger partial charge on any atom is 0.238 e. The number of thioether (sulfide) groups is 1. The van der Waals surface area contributed by atoms with Crippen molar-refractivity contribution in [2.24, 2.45) is 4.99 Å². The lowest BCUT2D eigenvalue weighted by atomic mass is 10.0. The van der Waals surface area contributed by atoms with Gasteiger partial charge in [-0.15, -0.1) is 0 Å². The predicted molar refractivity (Wildman–Crippen MR) is 118 cm³/mol. The van der Waals surface area contributed by atoms with Gasteiger partial charge in [-0.05, 0) is 41.8 Å². The van der Waals surface area contributed by atoms with Crippen LogP contribution in [0, 0.1) is 0 Å². The molecule has 0 spiro atoms. The highest BCUT2D eigenvalue weighted by atomic mass is 35.5. The number of halogens is 1. The average Bonchev–Trinajstić information content (AvgIpc) is 2.68. The molecular weight excluding hydrogens is 410 g/mol. The molecule has 2 aromatic rings. The van der Waals surface area contributed by atoms with Crippen LogP contribution in [-0.4, -0.2) is 29.3 Å². The number of amides is 2. The van der Waals surface area contributed by atoms with Crippen LogP contribution in [0.4, 0.5) is 11.4 Å². The summed E-state index contributed by atoms with van der Waals surface area (Å²) in [4.78, 5) is 29.3. The standard InChI is InChI=1S/C21H22ClN3O3S/c1-12(2)13-4-7-15(8-5-13)23-20(27)18-11-19(26)25-21(29-18)24-16-10-14(22)6-9-17(16)28-3/h4-10,12,18H,11H2,1-3H3,(H,23,27)(H,24,25,26)/t18-/m0/s1. The lowest BCUT2D eigenvalue weighted by Crippen LogP contribution is -2.41. The number of nitrogens with one attached hydrogen (secondary N) is 2. The Labute approximate surface area is 179 Å². The zero-order chi connectivity index (χ0) is 21.0. The second kappa shape index (κ2) is 9.33. The van der Waals surface area contributed by atoms with E-state index in [1.165, 1.54) is 24.4 Å². The maximum absolute atomic E-state index is 12.7. The lowest BCUT2D eigenvalue weighted by Gasteiger charge is -2.22. The predicted octanol–water partition coefficient (Wildman–Crippen LogP) is 4.72. The van der Waals surface area contributed by atoms with Crippen molar-refractivity contribution in [3.05, 3.63) is 53.1 Å². The average molecular weight is 432 g/mol. The van der Waals surface area contributed by atoms with Gasteiger partial charge in [0.1, 0.15) is 16.7 Å². The molecule has 0 aromatic heterocycles. The molecule has 1 saturated heterocycles. The molecule has 2 N–H and O–H groups in total. The second-order valence-corrected chi connectivity index (χ2v) is 8.49. The molecule has 3 rings (SSSR count). The molecule has 29 heavy (non-hydrogen) atoms. The van der Waals surface area contributed by atoms with E-state index in [4.69, 9.17) is 16.3 Å². The summed E-state index contributed by atoms with van der Waals surface area (Å²) in [5, 5.41) is 5.82. The quantitative estimate of drug-likeness (QED) is 0.717. The number of amidine groups is 1. The Morgan fingerprint density at radius 2 is 2.00 bits per heavy atom. The number of benzene rings is 2. The van der Waals surface area contributed by atoms with Crippen LogP contribution in [0.5, 0.6) is 5.75 Å². The molecule has 0 radical (unpaired) electrons. The number of ether oxygens (including phenoxy) is 1. The largest absolute Gasteiger partial charge is 0.494 e. The van der Waals surface area contributed by atoms with Crippen molar-refractivity contribution in [3.63, 3.8) is 0 Å². The second-order valence-electron chi connectivity index (χ2n) is 6.86. The number of carbonyl (C=O) groups excluding carboxylic acids is 2. The highest BCUT2D eigenvalue weighted by Crippen LogP contribution is 2.33. The van der Waals surface area contributed by atoms with Gasteiger partial charge in [0, 0.05) is 17.1 Å². The van der Waals surface area contributed by atoms with Crippen LogP contribution < -0.4 is 15.4 Å². The number of carbonyl (C=O) groups is 2. The number of anilines is 1. The molecular formula is C21H22ClN3O3S. The highest BCUT2D eigenvalue weighted by molar-refractivity contribution is 8.15. The topological polar surface area (TPSA) is 79.8 Å². The third-order valence-corrected chi connectivity index (χ3v) is 5.69. The molecule has 1 heterocycles. The zero-order valence-corrected chi connectivity index (χ0v) is 17.9. The Balaban J connectivity index is 1.74. The smallest absolute Gasteiger partial charge is 0.238 e. The molecule has 8 heteroatoms. The SMILES string of the molecule is COc1ccc(Cl)cc1N=C1NC(=O)C[C@@H](C(=O)Nc2ccc(C(C)C)cc2)S1. The van der Waals surface area contributed by atoms with E-state index in [2.05, 4.69) is 29.5 Å². The summed E-state index contributed by atoms with van der Waals surface area (Å²) >= 11 is 7.23. The molecule has 2 amide bonds. The van der Waals surface area contributed by atoms with Crippen LogP contribution in [0.2, 0.25) is 5.02 Å². The molecule has 2 aromatic carbocycles. The minimum Gasteiger partial charge on any atom is -0.494 e. The number of aliphatic imine (C=N–C) groups is 1. The molecule has 1 fully saturated rings. The fourth-order valence-corrected chi connectivity index (χ4v) is 3.94. The van der Waals surface area contributed by atoms with Crippen molar-refractivity contribution in [3.8, 4) is 5.75 Å². The van der Waals surface area contributed by atoms with Gasteiger partial charge < -0.3 is 15.4 Å². The first-order valence-corrected chi connectivity index (χ1v) is 10.4. The Hall–Kier alpha value is -2.51. The normalized spacial score (nSPS) is 17.9. The molecule has 6 nitrogen and oxygen atoms in total. The van der Waals surface area contributed by atoms with Gasteiger partial charge in [-0.1, -0.05) is 49.3 Å². The van der Waals surface area contributed by atoms with Gasteiger partial charge >= 0.3 is 0 Å². The third-order valence-electron chi connectivity index (χ3n) is 4.37. The van der Waals surface area contributed by atoms with Crippen LogP contribution in [0.1, 0.15) is 31.7 Å². The molecule has 1 aliphatic heterocycles. The zero-order valence-electron chi connectivity index (χ0n) is 16.4. The first kappa shape index (κ1) is 21.2. The van der Waals surface area contributed by atoms with Gasteiger partial charge in [-0.25, -0.2) is 4.99 Å². The highest BCUT2D eigenvalue weighted by Gasteiger charge is 2.30. The molecule has 0 unspecified atom stereocenters. The van der Waals surface area contributed by atoms with Gasteiger partial charge in [0.2, 0.25) is 11.8 Å². The third kappa shape index (κ3) is 5.52. The summed E-state index contributed by atoms with van der Waals surface area (Å²) < 4.78 is 5.28. The van der Waals surface area contributed by atoms with Crippen LogP contribution in [0.3, 0.4) is 0 Å². The maximum atomic E-state index is 12.7. The number of nitrogens with zero attached hydrogens (tertiary/aromatic N) is 1. The number of hydrogen-bond acceptors (Lipinski definition) is 5. The van der Waals surface area contributed by atoms with Gasteiger partial charge in [0.25, 0.3) is 0 Å². The van der Waals surface area contributed by atoms with E-state index in [1.54, 1.807) is 18.2 Å². The first-order valence-electron chi connectivity index (χ1n) is 9.15. The lowest BCUT2D eigenvalue weighted by molar-refractivity contribution is -0.123. The molecule has 0 saturated carbocycles. The fourth-order valence-electron chi connectivity index (χ4n) is 2.78. The summed E-state index contributed by atoms with van der Waals surface area (Å²) in [6.45, 7) is 4.22. The summed E-state index contributed by atoms with van der Waals surface area (Å²) in [7, 11) is 1.53. The summed E-state index contributed by atoms with van der Waals surface area (Å²) in [5.41, 5.74) is 2.37. The fraction of sp³-hybridized carbons (Fsp3) is 0.286. The first-order chi connectivity index (χ1) is 13.9. The Morgan fingerprint density at radius 3 is 2.66 bits per heavy atom. The monoisotopic (exact) mass is 431 g/mol. The minimum atomic E-state index is -0.586.